The first-order chi connectivity index (χ1) is 16.2. The Labute approximate surface area is 207 Å². The Bertz CT molecular complexity index is 1280. The fourth-order valence-electron chi connectivity index (χ4n) is 3.55. The van der Waals surface area contributed by atoms with Crippen molar-refractivity contribution in [3.05, 3.63) is 53.4 Å². The quantitative estimate of drug-likeness (QED) is 0.460. The van der Waals surface area contributed by atoms with E-state index in [4.69, 9.17) is 11.6 Å². The summed E-state index contributed by atoms with van der Waals surface area (Å²) in [5.41, 5.74) is 1.62. The van der Waals surface area contributed by atoms with Gasteiger partial charge in [0.25, 0.3) is 10.0 Å². The van der Waals surface area contributed by atoms with E-state index in [-0.39, 0.29) is 21.6 Å². The Morgan fingerprint density at radius 2 is 1.88 bits per heavy atom. The van der Waals surface area contributed by atoms with Gasteiger partial charge in [-0.25, -0.2) is 18.4 Å². The lowest BCUT2D eigenvalue weighted by Crippen LogP contribution is -2.44. The van der Waals surface area contributed by atoms with Gasteiger partial charge in [-0.2, -0.15) is 0 Å². The molecule has 3 heterocycles. The molecular formula is C22H25ClN6O3S2. The molecule has 1 aliphatic heterocycles. The van der Waals surface area contributed by atoms with E-state index >= 15 is 0 Å². The number of nitrogens with one attached hydrogen (secondary N) is 2. The number of anilines is 2. The third kappa shape index (κ3) is 5.91. The number of benzene rings is 1. The van der Waals surface area contributed by atoms with Crippen LogP contribution in [0.1, 0.15) is 12.6 Å². The van der Waals surface area contributed by atoms with Crippen molar-refractivity contribution in [1.82, 2.24) is 19.8 Å². The molecule has 0 spiro atoms. The van der Waals surface area contributed by atoms with Gasteiger partial charge < -0.3 is 10.2 Å². The van der Waals surface area contributed by atoms with E-state index < -0.39 is 10.0 Å². The second kappa shape index (κ2) is 10.4. The fraction of sp³-hybridized carbons (Fsp3) is 0.318. The molecule has 1 aromatic carbocycles. The van der Waals surface area contributed by atoms with Crippen LogP contribution in [0.15, 0.2) is 47.5 Å². The zero-order valence-electron chi connectivity index (χ0n) is 18.8. The molecule has 0 saturated carbocycles. The minimum atomic E-state index is -3.84. The van der Waals surface area contributed by atoms with Gasteiger partial charge in [0, 0.05) is 51.4 Å². The van der Waals surface area contributed by atoms with Crippen molar-refractivity contribution in [3.63, 3.8) is 0 Å². The van der Waals surface area contributed by atoms with Crippen molar-refractivity contribution in [1.29, 1.82) is 0 Å². The average molecular weight is 521 g/mol. The van der Waals surface area contributed by atoms with Gasteiger partial charge >= 0.3 is 0 Å². The molecule has 1 aliphatic rings. The number of rotatable bonds is 7. The highest BCUT2D eigenvalue weighted by molar-refractivity contribution is 7.92. The highest BCUT2D eigenvalue weighted by Gasteiger charge is 2.22. The SMILES string of the molecule is CC(=O)Nc1nc(CN2CCN(C)CC2)c(-c2cnc(Cl)c(NS(=O)(=O)c3ccccc3)c2)s1. The smallest absolute Gasteiger partial charge is 0.261 e. The number of likely N-dealkylation sites (N-methyl/N-ethyl adjacent to an activating group) is 1. The molecule has 2 aromatic heterocycles. The predicted molar refractivity (Wildman–Crippen MR) is 135 cm³/mol. The maximum absolute atomic E-state index is 12.8. The number of amides is 1. The van der Waals surface area contributed by atoms with E-state index in [1.54, 1.807) is 30.5 Å². The molecule has 4 rings (SSSR count). The van der Waals surface area contributed by atoms with Crippen LogP contribution in [0.2, 0.25) is 5.15 Å². The van der Waals surface area contributed by atoms with Crippen LogP contribution in [-0.4, -0.2) is 67.3 Å². The van der Waals surface area contributed by atoms with Crippen LogP contribution in [0.5, 0.6) is 0 Å². The number of hydrogen-bond donors (Lipinski definition) is 2. The highest BCUT2D eigenvalue weighted by atomic mass is 35.5. The van der Waals surface area contributed by atoms with Gasteiger partial charge in [0.05, 0.1) is 21.2 Å². The topological polar surface area (TPSA) is 108 Å². The number of hydrogen-bond acceptors (Lipinski definition) is 8. The van der Waals surface area contributed by atoms with Gasteiger partial charge in [-0.1, -0.05) is 41.1 Å². The number of thiazole rings is 1. The number of halogens is 1. The van der Waals surface area contributed by atoms with Crippen molar-refractivity contribution in [3.8, 4) is 10.4 Å². The Morgan fingerprint density at radius 1 is 1.18 bits per heavy atom. The van der Waals surface area contributed by atoms with Crippen LogP contribution in [0.4, 0.5) is 10.8 Å². The maximum Gasteiger partial charge on any atom is 0.261 e. The molecule has 3 aromatic rings. The number of piperazine rings is 1. The first-order valence-corrected chi connectivity index (χ1v) is 13.3. The van der Waals surface area contributed by atoms with Crippen LogP contribution in [0, 0.1) is 0 Å². The van der Waals surface area contributed by atoms with Crippen molar-refractivity contribution in [2.24, 2.45) is 0 Å². The summed E-state index contributed by atoms with van der Waals surface area (Å²) in [5.74, 6) is -0.211. The van der Waals surface area contributed by atoms with E-state index in [9.17, 15) is 13.2 Å². The monoisotopic (exact) mass is 520 g/mol. The second-order valence-corrected chi connectivity index (χ2v) is 11.1. The number of nitrogens with zero attached hydrogens (tertiary/aromatic N) is 4. The van der Waals surface area contributed by atoms with Gasteiger partial charge in [0.1, 0.15) is 0 Å². The first kappa shape index (κ1) is 24.6. The molecule has 0 aliphatic carbocycles. The summed E-state index contributed by atoms with van der Waals surface area (Å²) in [4.78, 5) is 26.0. The summed E-state index contributed by atoms with van der Waals surface area (Å²) in [6, 6.07) is 9.70. The van der Waals surface area contributed by atoms with Crippen molar-refractivity contribution in [2.75, 3.05) is 43.3 Å². The molecule has 180 valence electrons. The summed E-state index contributed by atoms with van der Waals surface area (Å²) >= 11 is 7.56. The number of sulfonamides is 1. The third-order valence-electron chi connectivity index (χ3n) is 5.35. The summed E-state index contributed by atoms with van der Waals surface area (Å²) in [6.07, 6.45) is 1.58. The lowest BCUT2D eigenvalue weighted by atomic mass is 10.2. The average Bonchev–Trinajstić information content (AvgIpc) is 3.18. The normalized spacial score (nSPS) is 15.3. The van der Waals surface area contributed by atoms with E-state index in [1.165, 1.54) is 30.4 Å². The van der Waals surface area contributed by atoms with Crippen molar-refractivity contribution >= 4 is 49.7 Å². The van der Waals surface area contributed by atoms with Crippen LogP contribution in [0.3, 0.4) is 0 Å². The fourth-order valence-corrected chi connectivity index (χ4v) is 5.84. The van der Waals surface area contributed by atoms with Crippen molar-refractivity contribution < 1.29 is 13.2 Å². The number of carbonyl (C=O) groups excluding carboxylic acids is 1. The molecule has 2 N–H and O–H groups in total. The molecule has 1 saturated heterocycles. The summed E-state index contributed by atoms with van der Waals surface area (Å²) in [6.45, 7) is 5.78. The molecule has 34 heavy (non-hydrogen) atoms. The molecule has 1 fully saturated rings. The summed E-state index contributed by atoms with van der Waals surface area (Å²) < 4.78 is 28.2. The largest absolute Gasteiger partial charge is 0.304 e. The third-order valence-corrected chi connectivity index (χ3v) is 8.09. The Hall–Kier alpha value is -2.57. The molecule has 0 bridgehead atoms. The van der Waals surface area contributed by atoms with Crippen LogP contribution in [-0.2, 0) is 21.4 Å². The Morgan fingerprint density at radius 3 is 2.56 bits per heavy atom. The molecule has 0 atom stereocenters. The molecule has 9 nitrogen and oxygen atoms in total. The molecule has 0 unspecified atom stereocenters. The van der Waals surface area contributed by atoms with Crippen LogP contribution < -0.4 is 10.0 Å². The predicted octanol–water partition coefficient (Wildman–Crippen LogP) is 3.37. The highest BCUT2D eigenvalue weighted by Crippen LogP contribution is 2.36. The zero-order chi connectivity index (χ0) is 24.3. The van der Waals surface area contributed by atoms with Crippen LogP contribution in [0.25, 0.3) is 10.4 Å². The van der Waals surface area contributed by atoms with Gasteiger partial charge in [-0.05, 0) is 25.2 Å². The van der Waals surface area contributed by atoms with Gasteiger partial charge in [0.2, 0.25) is 5.91 Å². The molecule has 0 radical (unpaired) electrons. The Kier molecular flexibility index (Phi) is 7.48. The number of carbonyl (C=O) groups is 1. The number of pyridine rings is 1. The van der Waals surface area contributed by atoms with Gasteiger partial charge in [-0.15, -0.1) is 0 Å². The van der Waals surface area contributed by atoms with Gasteiger partial charge in [-0.3, -0.25) is 14.4 Å². The van der Waals surface area contributed by atoms with E-state index in [0.717, 1.165) is 36.8 Å². The van der Waals surface area contributed by atoms with E-state index in [0.29, 0.717) is 17.2 Å². The molecule has 1 amide bonds. The first-order valence-electron chi connectivity index (χ1n) is 10.6. The van der Waals surface area contributed by atoms with Crippen molar-refractivity contribution in [2.45, 2.75) is 18.4 Å². The minimum Gasteiger partial charge on any atom is -0.304 e. The van der Waals surface area contributed by atoms with E-state index in [2.05, 4.69) is 36.9 Å². The molecular weight excluding hydrogens is 496 g/mol. The zero-order valence-corrected chi connectivity index (χ0v) is 21.2. The van der Waals surface area contributed by atoms with Gasteiger partial charge in [0.15, 0.2) is 10.3 Å². The number of aromatic nitrogens is 2. The minimum absolute atomic E-state index is 0.0375. The standard InChI is InChI=1S/C22H25ClN6O3S2/c1-15(30)25-22-26-19(14-29-10-8-28(2)9-11-29)20(33-22)16-12-18(21(23)24-13-16)27-34(31,32)17-6-4-3-5-7-17/h3-7,12-13,27H,8-11,14H2,1-2H3,(H,25,26,30). The lowest BCUT2D eigenvalue weighted by molar-refractivity contribution is -0.114. The second-order valence-electron chi connectivity index (χ2n) is 8.04. The summed E-state index contributed by atoms with van der Waals surface area (Å²) in [5, 5.41) is 3.27. The van der Waals surface area contributed by atoms with E-state index in [1.807, 2.05) is 0 Å². The summed E-state index contributed by atoms with van der Waals surface area (Å²) in [7, 11) is -1.74. The maximum atomic E-state index is 12.8. The molecule has 12 heteroatoms. The van der Waals surface area contributed by atoms with Crippen LogP contribution >= 0.6 is 22.9 Å². The lowest BCUT2D eigenvalue weighted by Gasteiger charge is -2.32. The Balaban J connectivity index is 1.66.